The summed E-state index contributed by atoms with van der Waals surface area (Å²) >= 11 is 0. The van der Waals surface area contributed by atoms with Gasteiger partial charge in [0.05, 0.1) is 0 Å². The van der Waals surface area contributed by atoms with Gasteiger partial charge in [0.15, 0.2) is 0 Å². The van der Waals surface area contributed by atoms with Crippen molar-refractivity contribution in [2.24, 2.45) is 11.8 Å². The molecule has 0 nitrogen and oxygen atoms in total. The van der Waals surface area contributed by atoms with Crippen LogP contribution < -0.4 is 0 Å². The van der Waals surface area contributed by atoms with E-state index >= 15 is 0 Å². The van der Waals surface area contributed by atoms with Gasteiger partial charge in [-0.25, -0.2) is 35.5 Å². The third-order valence-corrected chi connectivity index (χ3v) is 3.22. The Bertz CT molecular complexity index is 363. The Kier molecular flexibility index (Phi) is 8.83. The SMILES string of the molecule is CC1=[C-]C(C(C)C)=CC1.CC1=[C-]C(C(C)C)=CC1.[Zr+2]. The van der Waals surface area contributed by atoms with E-state index in [9.17, 15) is 0 Å². The quantitative estimate of drug-likeness (QED) is 0.590. The maximum atomic E-state index is 3.33. The van der Waals surface area contributed by atoms with Crippen LogP contribution >= 0.6 is 0 Å². The molecule has 0 bridgehead atoms. The van der Waals surface area contributed by atoms with Gasteiger partial charge in [-0.05, 0) is 0 Å². The van der Waals surface area contributed by atoms with E-state index in [1.54, 1.807) is 0 Å². The zero-order valence-corrected chi connectivity index (χ0v) is 15.7. The first-order valence-corrected chi connectivity index (χ1v) is 6.99. The minimum atomic E-state index is 0. The molecular formula is C18H26Zr. The van der Waals surface area contributed by atoms with E-state index in [0.717, 1.165) is 12.8 Å². The van der Waals surface area contributed by atoms with Crippen LogP contribution in [0.2, 0.25) is 0 Å². The van der Waals surface area contributed by atoms with Gasteiger partial charge in [0.25, 0.3) is 0 Å². The summed E-state index contributed by atoms with van der Waals surface area (Å²) in [4.78, 5) is 0. The van der Waals surface area contributed by atoms with Gasteiger partial charge in [-0.2, -0.15) is 11.1 Å². The molecule has 0 unspecified atom stereocenters. The fourth-order valence-corrected chi connectivity index (χ4v) is 1.98. The second kappa shape index (κ2) is 8.90. The largest absolute Gasteiger partial charge is 2.00 e. The maximum Gasteiger partial charge on any atom is 2.00 e. The molecule has 0 atom stereocenters. The van der Waals surface area contributed by atoms with Crippen LogP contribution in [-0.2, 0) is 26.2 Å². The molecule has 19 heavy (non-hydrogen) atoms. The molecule has 2 rings (SSSR count). The molecule has 1 heteroatoms. The molecule has 0 aromatic heterocycles. The van der Waals surface area contributed by atoms with Crippen LogP contribution in [-0.4, -0.2) is 0 Å². The molecule has 0 aromatic rings. The molecule has 0 saturated carbocycles. The minimum Gasteiger partial charge on any atom is -0.250 e. The molecule has 0 spiro atoms. The van der Waals surface area contributed by atoms with Crippen LogP contribution in [0.5, 0.6) is 0 Å². The molecule has 2 aliphatic rings. The Hall–Kier alpha value is -0.157. The van der Waals surface area contributed by atoms with Gasteiger partial charge in [0.2, 0.25) is 0 Å². The molecule has 102 valence electrons. The average molecular weight is 334 g/mol. The molecule has 0 radical (unpaired) electrons. The van der Waals surface area contributed by atoms with Gasteiger partial charge in [-0.3, -0.25) is 0 Å². The molecule has 2 aliphatic carbocycles. The second-order valence-corrected chi connectivity index (χ2v) is 5.85. The Labute approximate surface area is 138 Å². The van der Waals surface area contributed by atoms with Crippen LogP contribution in [0.3, 0.4) is 0 Å². The normalized spacial score (nSPS) is 17.3. The zero-order valence-electron chi connectivity index (χ0n) is 13.2. The van der Waals surface area contributed by atoms with Gasteiger partial charge in [0.1, 0.15) is 0 Å². The van der Waals surface area contributed by atoms with Crippen LogP contribution in [0.15, 0.2) is 34.4 Å². The number of hydrogen-bond acceptors (Lipinski definition) is 0. The first-order chi connectivity index (χ1) is 8.40. The van der Waals surface area contributed by atoms with Gasteiger partial charge >= 0.3 is 26.2 Å². The van der Waals surface area contributed by atoms with Crippen molar-refractivity contribution in [1.82, 2.24) is 0 Å². The fraction of sp³-hybridized carbons (Fsp3) is 0.556. The van der Waals surface area contributed by atoms with Crippen molar-refractivity contribution in [1.29, 1.82) is 0 Å². The van der Waals surface area contributed by atoms with Crippen LogP contribution in [0, 0.1) is 24.0 Å². The van der Waals surface area contributed by atoms with Gasteiger partial charge < -0.3 is 0 Å². The van der Waals surface area contributed by atoms with Gasteiger partial charge in [0, 0.05) is 0 Å². The molecule has 0 fully saturated rings. The second-order valence-electron chi connectivity index (χ2n) is 5.85. The molecule has 0 aromatic carbocycles. The molecular weight excluding hydrogens is 307 g/mol. The predicted molar refractivity (Wildman–Crippen MR) is 79.9 cm³/mol. The van der Waals surface area contributed by atoms with Gasteiger partial charge in [-0.15, -0.1) is 0 Å². The smallest absolute Gasteiger partial charge is 0.250 e. The summed E-state index contributed by atoms with van der Waals surface area (Å²) in [6, 6.07) is 0. The first-order valence-electron chi connectivity index (χ1n) is 6.99. The predicted octanol–water partition coefficient (Wildman–Crippen LogP) is 5.44. The standard InChI is InChI=1S/2C9H13.Zr/c2*1-7(2)9-5-4-8(3)6-9;/h2*5,7H,4H2,1-3H3;/q2*-1;+2. The van der Waals surface area contributed by atoms with Crippen LogP contribution in [0.4, 0.5) is 0 Å². The van der Waals surface area contributed by atoms with E-state index in [1.807, 2.05) is 0 Å². The molecule has 0 aliphatic heterocycles. The van der Waals surface area contributed by atoms with E-state index in [4.69, 9.17) is 0 Å². The fourth-order valence-electron chi connectivity index (χ4n) is 1.98. The Morgan fingerprint density at radius 2 is 1.11 bits per heavy atom. The summed E-state index contributed by atoms with van der Waals surface area (Å²) in [6.07, 6.45) is 13.4. The summed E-state index contributed by atoms with van der Waals surface area (Å²) in [5.74, 6) is 1.31. The van der Waals surface area contributed by atoms with E-state index in [-0.39, 0.29) is 26.2 Å². The summed E-state index contributed by atoms with van der Waals surface area (Å²) in [6.45, 7) is 13.1. The summed E-state index contributed by atoms with van der Waals surface area (Å²) in [5.41, 5.74) is 5.51. The minimum absolute atomic E-state index is 0. The Balaban J connectivity index is 0.000000324. The van der Waals surface area contributed by atoms with Crippen molar-refractivity contribution in [3.63, 3.8) is 0 Å². The van der Waals surface area contributed by atoms with Crippen molar-refractivity contribution in [2.45, 2.75) is 54.4 Å². The Morgan fingerprint density at radius 3 is 1.21 bits per heavy atom. The summed E-state index contributed by atoms with van der Waals surface area (Å²) in [5, 5.41) is 0. The van der Waals surface area contributed by atoms with Gasteiger partial charge in [-0.1, -0.05) is 66.2 Å². The number of hydrogen-bond donors (Lipinski definition) is 0. The molecule has 0 N–H and O–H groups in total. The van der Waals surface area contributed by atoms with Crippen molar-refractivity contribution >= 4 is 0 Å². The van der Waals surface area contributed by atoms with Crippen LogP contribution in [0.1, 0.15) is 54.4 Å². The maximum absolute atomic E-state index is 3.33. The number of rotatable bonds is 2. The van der Waals surface area contributed by atoms with E-state index < -0.39 is 0 Å². The van der Waals surface area contributed by atoms with Crippen molar-refractivity contribution in [3.05, 3.63) is 46.6 Å². The van der Waals surface area contributed by atoms with E-state index in [2.05, 4.69) is 65.8 Å². The third kappa shape index (κ3) is 6.71. The third-order valence-electron chi connectivity index (χ3n) is 3.22. The van der Waals surface area contributed by atoms with E-state index in [1.165, 1.54) is 22.3 Å². The summed E-state index contributed by atoms with van der Waals surface area (Å²) in [7, 11) is 0. The first kappa shape index (κ1) is 18.8. The van der Waals surface area contributed by atoms with Crippen molar-refractivity contribution in [3.8, 4) is 0 Å². The van der Waals surface area contributed by atoms with Crippen molar-refractivity contribution in [2.75, 3.05) is 0 Å². The van der Waals surface area contributed by atoms with Crippen LogP contribution in [0.25, 0.3) is 0 Å². The monoisotopic (exact) mass is 332 g/mol. The molecule has 0 amide bonds. The van der Waals surface area contributed by atoms with Crippen molar-refractivity contribution < 1.29 is 26.2 Å². The zero-order chi connectivity index (χ0) is 13.7. The molecule has 0 heterocycles. The Morgan fingerprint density at radius 1 is 0.789 bits per heavy atom. The molecule has 0 saturated heterocycles. The topological polar surface area (TPSA) is 0 Å². The average Bonchev–Trinajstić information content (AvgIpc) is 2.88. The van der Waals surface area contributed by atoms with E-state index in [0.29, 0.717) is 11.8 Å². The number of allylic oxidation sites excluding steroid dienone is 8. The summed E-state index contributed by atoms with van der Waals surface area (Å²) < 4.78 is 0.